The third kappa shape index (κ3) is 2.44. The number of rotatable bonds is 3. The number of carbonyl (C=O) groups is 1. The Morgan fingerprint density at radius 2 is 2.23 bits per heavy atom. The second-order valence-corrected chi connectivity index (χ2v) is 6.94. The third-order valence-electron chi connectivity index (χ3n) is 5.67. The molecule has 120 valence electrons. The molecule has 5 atom stereocenters. The van der Waals surface area contributed by atoms with Crippen molar-refractivity contribution < 1.29 is 9.53 Å². The fraction of sp³-hybridized carbons (Fsp3) is 0.750. The second kappa shape index (κ2) is 5.66. The molecule has 0 spiro atoms. The normalized spacial score (nSPS) is 37.7. The van der Waals surface area contributed by atoms with Gasteiger partial charge in [0.05, 0.1) is 25.2 Å². The first kappa shape index (κ1) is 14.2. The lowest BCUT2D eigenvalue weighted by Gasteiger charge is -2.37. The highest BCUT2D eigenvalue weighted by Gasteiger charge is 2.50. The Balaban J connectivity index is 1.40. The van der Waals surface area contributed by atoms with E-state index < -0.39 is 0 Å². The molecule has 0 aromatic carbocycles. The van der Waals surface area contributed by atoms with Crippen molar-refractivity contribution in [2.45, 2.75) is 38.0 Å². The Morgan fingerprint density at radius 1 is 1.36 bits per heavy atom. The lowest BCUT2D eigenvalue weighted by atomic mass is 9.84. The van der Waals surface area contributed by atoms with Gasteiger partial charge < -0.3 is 15.4 Å². The van der Waals surface area contributed by atoms with Crippen molar-refractivity contribution in [3.63, 3.8) is 0 Å². The predicted octanol–water partition coefficient (Wildman–Crippen LogP) is 0.484. The topological polar surface area (TPSA) is 73.4 Å². The Hall–Kier alpha value is -1.40. The van der Waals surface area contributed by atoms with E-state index in [1.807, 2.05) is 21.8 Å². The summed E-state index contributed by atoms with van der Waals surface area (Å²) in [5.74, 6) is 1.38. The standard InChI is InChI=1S/C16H24N4O2/c17-15-12-3-2-11(8-12)14(15)16(21)19-6-7-22-13(9-19)10-20-5-1-4-18-20/h1,4-5,11-15H,2-3,6-10,17H2. The molecule has 2 aliphatic carbocycles. The number of nitrogens with two attached hydrogens (primary N) is 1. The average molecular weight is 304 g/mol. The monoisotopic (exact) mass is 304 g/mol. The summed E-state index contributed by atoms with van der Waals surface area (Å²) >= 11 is 0. The molecule has 2 heterocycles. The minimum Gasteiger partial charge on any atom is -0.373 e. The van der Waals surface area contributed by atoms with Crippen LogP contribution in [0.5, 0.6) is 0 Å². The van der Waals surface area contributed by atoms with Crippen molar-refractivity contribution in [2.24, 2.45) is 23.5 Å². The van der Waals surface area contributed by atoms with Gasteiger partial charge >= 0.3 is 0 Å². The molecule has 1 aliphatic heterocycles. The van der Waals surface area contributed by atoms with Crippen molar-refractivity contribution >= 4 is 5.91 Å². The van der Waals surface area contributed by atoms with Crippen molar-refractivity contribution in [3.8, 4) is 0 Å². The zero-order valence-corrected chi connectivity index (χ0v) is 12.8. The van der Waals surface area contributed by atoms with Gasteiger partial charge in [-0.15, -0.1) is 0 Å². The number of aromatic nitrogens is 2. The molecule has 6 heteroatoms. The van der Waals surface area contributed by atoms with E-state index in [4.69, 9.17) is 10.5 Å². The van der Waals surface area contributed by atoms with Crippen molar-refractivity contribution in [2.75, 3.05) is 19.7 Å². The van der Waals surface area contributed by atoms with Crippen LogP contribution in [-0.2, 0) is 16.1 Å². The molecule has 1 aromatic heterocycles. The van der Waals surface area contributed by atoms with E-state index in [1.165, 1.54) is 12.8 Å². The maximum Gasteiger partial charge on any atom is 0.227 e. The van der Waals surface area contributed by atoms with Crippen molar-refractivity contribution in [1.82, 2.24) is 14.7 Å². The Labute approximate surface area is 130 Å². The van der Waals surface area contributed by atoms with Crippen molar-refractivity contribution in [3.05, 3.63) is 18.5 Å². The quantitative estimate of drug-likeness (QED) is 0.882. The number of ether oxygens (including phenoxy) is 1. The number of nitrogens with zero attached hydrogens (tertiary/aromatic N) is 3. The zero-order chi connectivity index (χ0) is 15.1. The molecule has 1 aromatic rings. The number of hydrogen-bond acceptors (Lipinski definition) is 4. The van der Waals surface area contributed by atoms with Crippen LogP contribution in [-0.4, -0.2) is 52.4 Å². The highest BCUT2D eigenvalue weighted by atomic mass is 16.5. The molecule has 22 heavy (non-hydrogen) atoms. The molecule has 1 saturated heterocycles. The van der Waals surface area contributed by atoms with E-state index >= 15 is 0 Å². The Morgan fingerprint density at radius 3 is 2.95 bits per heavy atom. The van der Waals surface area contributed by atoms with Gasteiger partial charge in [-0.1, -0.05) is 0 Å². The average Bonchev–Trinajstić information content (AvgIpc) is 3.24. The molecule has 4 rings (SSSR count). The number of fused-ring (bicyclic) bond motifs is 2. The van der Waals surface area contributed by atoms with Crippen LogP contribution in [0.2, 0.25) is 0 Å². The predicted molar refractivity (Wildman–Crippen MR) is 80.8 cm³/mol. The molecular weight excluding hydrogens is 280 g/mol. The molecule has 2 saturated carbocycles. The van der Waals surface area contributed by atoms with Crippen LogP contribution in [0.25, 0.3) is 0 Å². The number of amides is 1. The molecule has 2 N–H and O–H groups in total. The minimum absolute atomic E-state index is 0.0208. The molecule has 3 aliphatic rings. The second-order valence-electron chi connectivity index (χ2n) is 6.94. The van der Waals surface area contributed by atoms with Gasteiger partial charge in [-0.05, 0) is 37.2 Å². The van der Waals surface area contributed by atoms with E-state index in [2.05, 4.69) is 5.10 Å². The van der Waals surface area contributed by atoms with E-state index in [-0.39, 0.29) is 24.0 Å². The molecule has 1 amide bonds. The molecular formula is C16H24N4O2. The highest BCUT2D eigenvalue weighted by Crippen LogP contribution is 2.48. The number of carbonyl (C=O) groups excluding carboxylic acids is 1. The number of hydrogen-bond donors (Lipinski definition) is 1. The molecule has 2 bridgehead atoms. The summed E-state index contributed by atoms with van der Waals surface area (Å²) in [4.78, 5) is 14.9. The third-order valence-corrected chi connectivity index (χ3v) is 5.67. The Bertz CT molecular complexity index is 530. The van der Waals surface area contributed by atoms with Crippen LogP contribution in [0, 0.1) is 17.8 Å². The van der Waals surface area contributed by atoms with Crippen LogP contribution < -0.4 is 5.73 Å². The van der Waals surface area contributed by atoms with Gasteiger partial charge in [-0.3, -0.25) is 9.48 Å². The van der Waals surface area contributed by atoms with E-state index in [1.54, 1.807) is 6.20 Å². The first-order valence-corrected chi connectivity index (χ1v) is 8.36. The van der Waals surface area contributed by atoms with Gasteiger partial charge in [0.15, 0.2) is 0 Å². The van der Waals surface area contributed by atoms with Gasteiger partial charge in [-0.2, -0.15) is 5.10 Å². The maximum absolute atomic E-state index is 12.9. The minimum atomic E-state index is 0.0208. The lowest BCUT2D eigenvalue weighted by Crippen LogP contribution is -2.53. The van der Waals surface area contributed by atoms with E-state index in [0.717, 1.165) is 6.42 Å². The van der Waals surface area contributed by atoms with Gasteiger partial charge in [0, 0.05) is 31.5 Å². The van der Waals surface area contributed by atoms with E-state index in [0.29, 0.717) is 38.1 Å². The maximum atomic E-state index is 12.9. The van der Waals surface area contributed by atoms with Crippen LogP contribution in [0.1, 0.15) is 19.3 Å². The zero-order valence-electron chi connectivity index (χ0n) is 12.8. The summed E-state index contributed by atoms with van der Waals surface area (Å²) in [6, 6.07) is 1.97. The van der Waals surface area contributed by atoms with Crippen molar-refractivity contribution in [1.29, 1.82) is 0 Å². The van der Waals surface area contributed by atoms with Crippen LogP contribution in [0.3, 0.4) is 0 Å². The summed E-state index contributed by atoms with van der Waals surface area (Å²) in [5.41, 5.74) is 6.32. The van der Waals surface area contributed by atoms with Crippen LogP contribution in [0.15, 0.2) is 18.5 Å². The molecule has 6 nitrogen and oxygen atoms in total. The van der Waals surface area contributed by atoms with Gasteiger partial charge in [0.25, 0.3) is 0 Å². The van der Waals surface area contributed by atoms with E-state index in [9.17, 15) is 4.79 Å². The van der Waals surface area contributed by atoms with Gasteiger partial charge in [0.2, 0.25) is 5.91 Å². The van der Waals surface area contributed by atoms with Gasteiger partial charge in [-0.25, -0.2) is 0 Å². The first-order valence-electron chi connectivity index (χ1n) is 8.36. The first-order chi connectivity index (χ1) is 10.7. The smallest absolute Gasteiger partial charge is 0.227 e. The summed E-state index contributed by atoms with van der Waals surface area (Å²) in [6.07, 6.45) is 7.25. The highest BCUT2D eigenvalue weighted by molar-refractivity contribution is 5.80. The SMILES string of the molecule is NC1C2CCC(C2)C1C(=O)N1CCOC(Cn2cccn2)C1. The Kier molecular flexibility index (Phi) is 3.66. The molecule has 0 radical (unpaired) electrons. The fourth-order valence-corrected chi connectivity index (χ4v) is 4.56. The summed E-state index contributed by atoms with van der Waals surface area (Å²) in [6.45, 7) is 2.64. The van der Waals surface area contributed by atoms with Crippen LogP contribution >= 0.6 is 0 Å². The van der Waals surface area contributed by atoms with Crippen LogP contribution in [0.4, 0.5) is 0 Å². The lowest BCUT2D eigenvalue weighted by molar-refractivity contribution is -0.145. The summed E-state index contributed by atoms with van der Waals surface area (Å²) in [5, 5.41) is 4.21. The molecule has 5 unspecified atom stereocenters. The van der Waals surface area contributed by atoms with Gasteiger partial charge in [0.1, 0.15) is 0 Å². The summed E-state index contributed by atoms with van der Waals surface area (Å²) in [7, 11) is 0. The molecule has 3 fully saturated rings. The fourth-order valence-electron chi connectivity index (χ4n) is 4.56. The largest absolute Gasteiger partial charge is 0.373 e. The summed E-state index contributed by atoms with van der Waals surface area (Å²) < 4.78 is 7.66. The number of morpholine rings is 1.